The molecule has 1 aromatic carbocycles. The second-order valence-electron chi connectivity index (χ2n) is 7.72. The molecule has 168 valence electrons. The third kappa shape index (κ3) is 3.96. The smallest absolute Gasteiger partial charge is 0.335 e. The molecule has 32 heavy (non-hydrogen) atoms. The highest BCUT2D eigenvalue weighted by Crippen LogP contribution is 2.42. The molecule has 4 rings (SSSR count). The van der Waals surface area contributed by atoms with Crippen LogP contribution in [0.5, 0.6) is 0 Å². The van der Waals surface area contributed by atoms with Gasteiger partial charge in [0.15, 0.2) is 0 Å². The molecule has 0 amide bonds. The summed E-state index contributed by atoms with van der Waals surface area (Å²) in [7, 11) is -4.43. The SMILES string of the molecule is C[C@@H](NS(=O)(=O)c1ccc(-c2c(C#N)c3cc(Cl)ccc3n2C2CCC2)nc1)C(F)(F)F. The number of pyridine rings is 1. The lowest BCUT2D eigenvalue weighted by molar-refractivity contribution is -0.147. The third-order valence-corrected chi connectivity index (χ3v) is 7.39. The average molecular weight is 483 g/mol. The molecule has 1 N–H and O–H groups in total. The Bertz CT molecular complexity index is 1320. The van der Waals surface area contributed by atoms with E-state index in [2.05, 4.69) is 11.1 Å². The first-order valence-corrected chi connectivity index (χ1v) is 11.7. The number of hydrogen-bond acceptors (Lipinski definition) is 4. The summed E-state index contributed by atoms with van der Waals surface area (Å²) in [6.07, 6.45) is -0.816. The highest BCUT2D eigenvalue weighted by molar-refractivity contribution is 7.89. The number of alkyl halides is 3. The second kappa shape index (κ2) is 8.06. The monoisotopic (exact) mass is 482 g/mol. The van der Waals surface area contributed by atoms with Crippen molar-refractivity contribution >= 4 is 32.5 Å². The molecule has 1 atom stereocenters. The number of aromatic nitrogens is 2. The van der Waals surface area contributed by atoms with Crippen LogP contribution in [0.3, 0.4) is 0 Å². The molecular formula is C21H18ClF3N4O2S. The molecule has 0 aliphatic heterocycles. The number of sulfonamides is 1. The van der Waals surface area contributed by atoms with E-state index in [-0.39, 0.29) is 6.04 Å². The van der Waals surface area contributed by atoms with Crippen molar-refractivity contribution in [2.24, 2.45) is 0 Å². The number of nitriles is 1. The number of benzene rings is 1. The molecule has 0 saturated heterocycles. The Kier molecular flexibility index (Phi) is 5.69. The van der Waals surface area contributed by atoms with Crippen LogP contribution in [0.25, 0.3) is 22.3 Å². The van der Waals surface area contributed by atoms with E-state index in [1.165, 1.54) is 12.1 Å². The van der Waals surface area contributed by atoms with Crippen molar-refractivity contribution < 1.29 is 21.6 Å². The van der Waals surface area contributed by atoms with E-state index in [9.17, 15) is 26.9 Å². The van der Waals surface area contributed by atoms with Gasteiger partial charge in [0.25, 0.3) is 0 Å². The minimum absolute atomic E-state index is 0.162. The zero-order chi connectivity index (χ0) is 23.3. The lowest BCUT2D eigenvalue weighted by atomic mass is 9.92. The number of nitrogens with one attached hydrogen (secondary N) is 1. The van der Waals surface area contributed by atoms with Crippen LogP contribution in [0.1, 0.15) is 37.8 Å². The van der Waals surface area contributed by atoms with Crippen LogP contribution >= 0.6 is 11.6 Å². The Balaban J connectivity index is 1.80. The Morgan fingerprint density at radius 2 is 2.00 bits per heavy atom. The molecule has 0 bridgehead atoms. The molecule has 1 aliphatic carbocycles. The fraction of sp³-hybridized carbons (Fsp3) is 0.333. The normalized spacial score (nSPS) is 16.0. The van der Waals surface area contributed by atoms with Gasteiger partial charge in [-0.3, -0.25) is 4.98 Å². The van der Waals surface area contributed by atoms with E-state index in [1.54, 1.807) is 16.9 Å². The van der Waals surface area contributed by atoms with Crippen molar-refractivity contribution in [3.8, 4) is 17.5 Å². The standard InChI is InChI=1S/C21H18ClF3N4O2S/c1-12(21(23,24)25)28-32(30,31)15-6-7-18(27-11-15)20-17(10-26)16-9-13(22)5-8-19(16)29(20)14-3-2-4-14/h5-9,11-12,14,28H,2-4H2,1H3/t12-/m1/s1. The molecule has 0 radical (unpaired) electrons. The van der Waals surface area contributed by atoms with E-state index in [0.717, 1.165) is 37.9 Å². The number of rotatable bonds is 5. The van der Waals surface area contributed by atoms with Crippen LogP contribution < -0.4 is 4.72 Å². The minimum atomic E-state index is -4.72. The van der Waals surface area contributed by atoms with Gasteiger partial charge in [-0.05, 0) is 56.5 Å². The first kappa shape index (κ1) is 22.6. The van der Waals surface area contributed by atoms with Gasteiger partial charge in [-0.2, -0.15) is 23.2 Å². The third-order valence-electron chi connectivity index (χ3n) is 5.63. The van der Waals surface area contributed by atoms with Crippen LogP contribution in [0.4, 0.5) is 13.2 Å². The minimum Gasteiger partial charge on any atom is -0.335 e. The van der Waals surface area contributed by atoms with Gasteiger partial charge in [-0.25, -0.2) is 8.42 Å². The van der Waals surface area contributed by atoms with E-state index < -0.39 is 27.1 Å². The summed E-state index contributed by atoms with van der Waals surface area (Å²) < 4.78 is 66.6. The number of hydrogen-bond donors (Lipinski definition) is 1. The fourth-order valence-corrected chi connectivity index (χ4v) is 5.07. The number of fused-ring (bicyclic) bond motifs is 1. The fourth-order valence-electron chi connectivity index (χ4n) is 3.72. The summed E-state index contributed by atoms with van der Waals surface area (Å²) in [5.41, 5.74) is 2.07. The molecule has 3 aromatic rings. The van der Waals surface area contributed by atoms with Gasteiger partial charge >= 0.3 is 6.18 Å². The zero-order valence-electron chi connectivity index (χ0n) is 16.8. The van der Waals surface area contributed by atoms with Crippen LogP contribution in [0.2, 0.25) is 5.02 Å². The van der Waals surface area contributed by atoms with Crippen molar-refractivity contribution in [1.29, 1.82) is 5.26 Å². The van der Waals surface area contributed by atoms with Gasteiger partial charge in [0.1, 0.15) is 17.0 Å². The van der Waals surface area contributed by atoms with Crippen LogP contribution in [0, 0.1) is 11.3 Å². The zero-order valence-corrected chi connectivity index (χ0v) is 18.4. The maximum Gasteiger partial charge on any atom is 0.404 e. The largest absolute Gasteiger partial charge is 0.404 e. The van der Waals surface area contributed by atoms with Gasteiger partial charge in [0.05, 0.1) is 22.5 Å². The molecule has 11 heteroatoms. The maximum atomic E-state index is 12.8. The Labute approximate surface area is 187 Å². The molecular weight excluding hydrogens is 465 g/mol. The molecule has 0 unspecified atom stereocenters. The van der Waals surface area contributed by atoms with Crippen LogP contribution in [-0.2, 0) is 10.0 Å². The van der Waals surface area contributed by atoms with Gasteiger partial charge in [-0.1, -0.05) is 11.6 Å². The number of halogens is 4. The summed E-state index contributed by atoms with van der Waals surface area (Å²) >= 11 is 6.14. The summed E-state index contributed by atoms with van der Waals surface area (Å²) in [6.45, 7) is 0.723. The summed E-state index contributed by atoms with van der Waals surface area (Å²) in [5.74, 6) is 0. The Hall–Kier alpha value is -2.61. The molecule has 2 heterocycles. The topological polar surface area (TPSA) is 87.8 Å². The molecule has 1 fully saturated rings. The predicted octanol–water partition coefficient (Wildman–Crippen LogP) is 5.18. The Morgan fingerprint density at radius 1 is 1.28 bits per heavy atom. The Morgan fingerprint density at radius 3 is 2.53 bits per heavy atom. The van der Waals surface area contributed by atoms with Crippen molar-refractivity contribution in [2.45, 2.75) is 49.3 Å². The van der Waals surface area contributed by atoms with E-state index in [1.807, 2.05) is 10.6 Å². The second-order valence-corrected chi connectivity index (χ2v) is 9.87. The van der Waals surface area contributed by atoms with E-state index in [0.29, 0.717) is 27.4 Å². The quantitative estimate of drug-likeness (QED) is 0.542. The first-order chi connectivity index (χ1) is 15.0. The van der Waals surface area contributed by atoms with Crippen LogP contribution in [-0.4, -0.2) is 30.2 Å². The highest BCUT2D eigenvalue weighted by atomic mass is 35.5. The average Bonchev–Trinajstić information content (AvgIpc) is 2.99. The maximum absolute atomic E-state index is 12.8. The van der Waals surface area contributed by atoms with Crippen molar-refractivity contribution in [2.75, 3.05) is 0 Å². The highest BCUT2D eigenvalue weighted by Gasteiger charge is 2.39. The van der Waals surface area contributed by atoms with Crippen LogP contribution in [0.15, 0.2) is 41.4 Å². The van der Waals surface area contributed by atoms with Crippen molar-refractivity contribution in [3.05, 3.63) is 47.1 Å². The number of nitrogens with zero attached hydrogens (tertiary/aromatic N) is 3. The molecule has 6 nitrogen and oxygen atoms in total. The molecule has 0 spiro atoms. The van der Waals surface area contributed by atoms with Crippen molar-refractivity contribution in [3.63, 3.8) is 0 Å². The molecule has 2 aromatic heterocycles. The van der Waals surface area contributed by atoms with Gasteiger partial charge in [0, 0.05) is 22.6 Å². The van der Waals surface area contributed by atoms with Gasteiger partial charge in [-0.15, -0.1) is 0 Å². The van der Waals surface area contributed by atoms with E-state index in [4.69, 9.17) is 11.6 Å². The summed E-state index contributed by atoms with van der Waals surface area (Å²) in [6, 6.07) is 7.98. The molecule has 1 saturated carbocycles. The first-order valence-electron chi connectivity index (χ1n) is 9.82. The summed E-state index contributed by atoms with van der Waals surface area (Å²) in [5, 5.41) is 11.0. The predicted molar refractivity (Wildman–Crippen MR) is 114 cm³/mol. The molecule has 1 aliphatic rings. The summed E-state index contributed by atoms with van der Waals surface area (Å²) in [4.78, 5) is 3.81. The van der Waals surface area contributed by atoms with E-state index >= 15 is 0 Å². The van der Waals surface area contributed by atoms with Gasteiger partial charge < -0.3 is 4.57 Å². The van der Waals surface area contributed by atoms with Gasteiger partial charge in [0.2, 0.25) is 10.0 Å². The van der Waals surface area contributed by atoms with Crippen molar-refractivity contribution in [1.82, 2.24) is 14.3 Å². The lowest BCUT2D eigenvalue weighted by Crippen LogP contribution is -2.42. The lowest BCUT2D eigenvalue weighted by Gasteiger charge is -2.30.